The average molecular weight is 465 g/mol. The van der Waals surface area contributed by atoms with E-state index >= 15 is 0 Å². The number of halogens is 1. The van der Waals surface area contributed by atoms with Gasteiger partial charge in [0.15, 0.2) is 5.96 Å². The molecule has 1 atom stereocenters. The summed E-state index contributed by atoms with van der Waals surface area (Å²) in [6.45, 7) is 7.71. The molecule has 4 nitrogen and oxygen atoms in total. The highest BCUT2D eigenvalue weighted by Crippen LogP contribution is 2.28. The van der Waals surface area contributed by atoms with Crippen LogP contribution >= 0.6 is 35.3 Å². The third-order valence-electron chi connectivity index (χ3n) is 4.35. The number of nitrogens with one attached hydrogen (secondary N) is 2. The van der Waals surface area contributed by atoms with Crippen LogP contribution in [0.2, 0.25) is 0 Å². The molecule has 3 N–H and O–H groups in total. The first-order valence-electron chi connectivity index (χ1n) is 8.83. The Kier molecular flexibility index (Phi) is 9.59. The van der Waals surface area contributed by atoms with Gasteiger partial charge in [-0.25, -0.2) is 0 Å². The largest absolute Gasteiger partial charge is 0.388 e. The molecular formula is C18H32IN3OS. The first kappa shape index (κ1) is 21.7. The maximum absolute atomic E-state index is 10.6. The number of aliphatic imine (C=N–C) groups is 1. The van der Waals surface area contributed by atoms with Crippen LogP contribution in [0.25, 0.3) is 0 Å². The number of nitrogens with zero attached hydrogens (tertiary/aromatic N) is 1. The molecule has 1 fully saturated rings. The molecular weight excluding hydrogens is 433 g/mol. The summed E-state index contributed by atoms with van der Waals surface area (Å²) in [7, 11) is 0. The minimum Gasteiger partial charge on any atom is -0.388 e. The van der Waals surface area contributed by atoms with Crippen LogP contribution < -0.4 is 10.6 Å². The predicted octanol–water partition coefficient (Wildman–Crippen LogP) is 3.86. The van der Waals surface area contributed by atoms with E-state index < -0.39 is 5.60 Å². The molecule has 2 rings (SSSR count). The Hall–Kier alpha value is -0.340. The Bertz CT molecular complexity index is 512. The molecule has 1 aromatic heterocycles. The van der Waals surface area contributed by atoms with E-state index in [9.17, 15) is 5.11 Å². The fourth-order valence-corrected chi connectivity index (χ4v) is 4.11. The van der Waals surface area contributed by atoms with Gasteiger partial charge in [0.1, 0.15) is 0 Å². The molecule has 24 heavy (non-hydrogen) atoms. The monoisotopic (exact) mass is 465 g/mol. The van der Waals surface area contributed by atoms with Crippen LogP contribution in [0.1, 0.15) is 55.7 Å². The molecule has 138 valence electrons. The summed E-state index contributed by atoms with van der Waals surface area (Å²) in [5, 5.41) is 17.4. The van der Waals surface area contributed by atoms with Crippen LogP contribution in [0.3, 0.4) is 0 Å². The van der Waals surface area contributed by atoms with Gasteiger partial charge < -0.3 is 15.7 Å². The highest BCUT2D eigenvalue weighted by molar-refractivity contribution is 14.0. The van der Waals surface area contributed by atoms with Crippen molar-refractivity contribution >= 4 is 41.3 Å². The zero-order valence-electron chi connectivity index (χ0n) is 15.1. The lowest BCUT2D eigenvalue weighted by Crippen LogP contribution is -2.44. The van der Waals surface area contributed by atoms with Gasteiger partial charge in [0, 0.05) is 28.8 Å². The lowest BCUT2D eigenvalue weighted by molar-refractivity contribution is 0.0131. The molecule has 0 spiro atoms. The number of hydrogen-bond donors (Lipinski definition) is 3. The Labute approximate surface area is 167 Å². The molecule has 0 bridgehead atoms. The van der Waals surface area contributed by atoms with Crippen LogP contribution in [0, 0.1) is 6.92 Å². The number of thiophene rings is 1. The van der Waals surface area contributed by atoms with E-state index in [0.717, 1.165) is 44.6 Å². The number of guanidine groups is 1. The summed E-state index contributed by atoms with van der Waals surface area (Å²) in [6.07, 6.45) is 6.21. The maximum atomic E-state index is 10.6. The molecule has 0 amide bonds. The van der Waals surface area contributed by atoms with Gasteiger partial charge in [-0.2, -0.15) is 0 Å². The topological polar surface area (TPSA) is 56.7 Å². The fourth-order valence-electron chi connectivity index (χ4n) is 3.10. The van der Waals surface area contributed by atoms with Crippen LogP contribution in [0.4, 0.5) is 0 Å². The smallest absolute Gasteiger partial charge is 0.191 e. The molecule has 1 aromatic rings. The van der Waals surface area contributed by atoms with E-state index in [1.54, 1.807) is 0 Å². The molecule has 1 aliphatic rings. The van der Waals surface area contributed by atoms with Gasteiger partial charge in [0.2, 0.25) is 0 Å². The summed E-state index contributed by atoms with van der Waals surface area (Å²) in [5.74, 6) is 0.812. The van der Waals surface area contributed by atoms with Crippen molar-refractivity contribution in [3.05, 3.63) is 21.9 Å². The van der Waals surface area contributed by atoms with Gasteiger partial charge >= 0.3 is 0 Å². The SMILES string of the molecule is CCNC(=NCC1(O)CCCCC1)NC(C)Cc1ccc(C)s1.I. The molecule has 6 heteroatoms. The van der Waals surface area contributed by atoms with Gasteiger partial charge in [-0.3, -0.25) is 4.99 Å². The van der Waals surface area contributed by atoms with Crippen molar-refractivity contribution in [3.8, 4) is 0 Å². The average Bonchev–Trinajstić information content (AvgIpc) is 2.91. The Balaban J connectivity index is 0.00000288. The number of aliphatic hydroxyl groups is 1. The lowest BCUT2D eigenvalue weighted by atomic mass is 9.85. The zero-order chi connectivity index (χ0) is 16.7. The normalized spacial score (nSPS) is 18.6. The van der Waals surface area contributed by atoms with E-state index in [4.69, 9.17) is 0 Å². The van der Waals surface area contributed by atoms with E-state index in [1.807, 2.05) is 11.3 Å². The molecule has 1 unspecified atom stereocenters. The summed E-state index contributed by atoms with van der Waals surface area (Å²) in [4.78, 5) is 7.39. The lowest BCUT2D eigenvalue weighted by Gasteiger charge is -2.30. The van der Waals surface area contributed by atoms with Crippen molar-refractivity contribution in [2.24, 2.45) is 4.99 Å². The summed E-state index contributed by atoms with van der Waals surface area (Å²) in [6, 6.07) is 4.68. The van der Waals surface area contributed by atoms with Crippen molar-refractivity contribution in [1.82, 2.24) is 10.6 Å². The highest BCUT2D eigenvalue weighted by Gasteiger charge is 2.28. The molecule has 1 heterocycles. The molecule has 0 radical (unpaired) electrons. The van der Waals surface area contributed by atoms with Crippen LogP contribution in [-0.2, 0) is 6.42 Å². The third-order valence-corrected chi connectivity index (χ3v) is 5.37. The van der Waals surface area contributed by atoms with E-state index in [-0.39, 0.29) is 24.0 Å². The standard InChI is InChI=1S/C18H31N3OS.HI/c1-4-19-17(20-13-18(22)10-6-5-7-11-18)21-14(2)12-16-9-8-15(3)23-16;/h8-9,14,22H,4-7,10-13H2,1-3H3,(H2,19,20,21);1H. The predicted molar refractivity (Wildman–Crippen MR) is 115 cm³/mol. The molecule has 0 aliphatic heterocycles. The zero-order valence-corrected chi connectivity index (χ0v) is 18.2. The van der Waals surface area contributed by atoms with Gasteiger partial charge in [0.25, 0.3) is 0 Å². The van der Waals surface area contributed by atoms with E-state index in [2.05, 4.69) is 48.5 Å². The Morgan fingerprint density at radius 3 is 2.62 bits per heavy atom. The number of rotatable bonds is 6. The van der Waals surface area contributed by atoms with Gasteiger partial charge in [-0.15, -0.1) is 35.3 Å². The van der Waals surface area contributed by atoms with Crippen molar-refractivity contribution in [2.45, 2.75) is 70.9 Å². The summed E-state index contributed by atoms with van der Waals surface area (Å²) in [5.41, 5.74) is -0.602. The molecule has 0 aromatic carbocycles. The maximum Gasteiger partial charge on any atom is 0.191 e. The Morgan fingerprint density at radius 2 is 2.04 bits per heavy atom. The number of aryl methyl sites for hydroxylation is 1. The molecule has 1 saturated carbocycles. The van der Waals surface area contributed by atoms with Crippen molar-refractivity contribution in [3.63, 3.8) is 0 Å². The van der Waals surface area contributed by atoms with Crippen LogP contribution in [-0.4, -0.2) is 35.8 Å². The van der Waals surface area contributed by atoms with E-state index in [1.165, 1.54) is 16.2 Å². The first-order chi connectivity index (χ1) is 11.0. The molecule has 1 aliphatic carbocycles. The summed E-state index contributed by atoms with van der Waals surface area (Å²) < 4.78 is 0. The quantitative estimate of drug-likeness (QED) is 0.340. The fraction of sp³-hybridized carbons (Fsp3) is 0.722. The second-order valence-corrected chi connectivity index (χ2v) is 8.11. The number of hydrogen-bond acceptors (Lipinski definition) is 3. The van der Waals surface area contributed by atoms with Gasteiger partial charge in [-0.05, 0) is 45.7 Å². The molecule has 0 saturated heterocycles. The second-order valence-electron chi connectivity index (χ2n) is 6.74. The summed E-state index contributed by atoms with van der Waals surface area (Å²) >= 11 is 1.85. The Morgan fingerprint density at radius 1 is 1.33 bits per heavy atom. The van der Waals surface area contributed by atoms with E-state index in [0.29, 0.717) is 12.6 Å². The first-order valence-corrected chi connectivity index (χ1v) is 9.65. The van der Waals surface area contributed by atoms with Crippen LogP contribution in [0.5, 0.6) is 0 Å². The minimum absolute atomic E-state index is 0. The second kappa shape index (κ2) is 10.6. The highest BCUT2D eigenvalue weighted by atomic mass is 127. The third kappa shape index (κ3) is 7.27. The van der Waals surface area contributed by atoms with Crippen LogP contribution in [0.15, 0.2) is 17.1 Å². The van der Waals surface area contributed by atoms with Gasteiger partial charge in [0.05, 0.1) is 12.1 Å². The van der Waals surface area contributed by atoms with Crippen molar-refractivity contribution in [1.29, 1.82) is 0 Å². The van der Waals surface area contributed by atoms with Gasteiger partial charge in [-0.1, -0.05) is 19.3 Å². The minimum atomic E-state index is -0.602. The van der Waals surface area contributed by atoms with Crippen molar-refractivity contribution in [2.75, 3.05) is 13.1 Å². The van der Waals surface area contributed by atoms with Crippen molar-refractivity contribution < 1.29 is 5.11 Å².